The maximum Gasteiger partial charge on any atom is 0.0757 e. The molecule has 0 aromatic carbocycles. The minimum absolute atomic E-state index is 0.187. The van der Waals surface area contributed by atoms with Gasteiger partial charge in [0.05, 0.1) is 12.2 Å². The number of rotatable bonds is 0. The van der Waals surface area contributed by atoms with Crippen molar-refractivity contribution < 1.29 is 10.2 Å². The molecule has 0 radical (unpaired) electrons. The number of aliphatic hydroxyl groups excluding tert-OH is 2. The predicted octanol–water partition coefficient (Wildman–Crippen LogP) is 3.67. The second-order valence-electron chi connectivity index (χ2n) is 8.87. The quantitative estimate of drug-likeness (QED) is 0.668. The molecule has 0 aromatic rings. The Morgan fingerprint density at radius 3 is 2.62 bits per heavy atom. The summed E-state index contributed by atoms with van der Waals surface area (Å²) < 4.78 is 0. The SMILES string of the molecule is C[C@@]12CCC[C@H]1[C@@H]1[C@@H](O)C=C3C[C@H](O)CC[C@]3(C)[C@H]1CC2. The summed E-state index contributed by atoms with van der Waals surface area (Å²) in [6.45, 7) is 4.89. The number of aliphatic hydroxyl groups is 2. The molecule has 0 aliphatic heterocycles. The van der Waals surface area contributed by atoms with E-state index in [1.807, 2.05) is 0 Å². The van der Waals surface area contributed by atoms with Crippen LogP contribution < -0.4 is 0 Å². The third-order valence-electron chi connectivity index (χ3n) is 7.88. The standard InChI is InChI=1S/C19H30O2/c1-18-7-3-4-14(18)17-15(6-8-18)19(2)9-5-13(20)10-12(19)11-16(17)21/h11,13-17,20-21H,3-10H2,1-2H3/t13-,14+,15+,16+,17+,18+,19+/m1/s1. The van der Waals surface area contributed by atoms with Gasteiger partial charge in [-0.05, 0) is 73.5 Å². The van der Waals surface area contributed by atoms with Crippen LogP contribution in [0.15, 0.2) is 11.6 Å². The van der Waals surface area contributed by atoms with Crippen molar-refractivity contribution in [2.45, 2.75) is 77.4 Å². The second-order valence-corrected chi connectivity index (χ2v) is 8.87. The fraction of sp³-hybridized carbons (Fsp3) is 0.895. The van der Waals surface area contributed by atoms with E-state index in [0.717, 1.165) is 19.3 Å². The fourth-order valence-electron chi connectivity index (χ4n) is 6.62. The first-order valence-corrected chi connectivity index (χ1v) is 9.01. The van der Waals surface area contributed by atoms with Gasteiger partial charge in [-0.15, -0.1) is 0 Å². The third kappa shape index (κ3) is 1.91. The highest BCUT2D eigenvalue weighted by atomic mass is 16.3. The summed E-state index contributed by atoms with van der Waals surface area (Å²) in [5.41, 5.74) is 2.09. The smallest absolute Gasteiger partial charge is 0.0757 e. The van der Waals surface area contributed by atoms with Gasteiger partial charge in [-0.3, -0.25) is 0 Å². The molecule has 0 saturated heterocycles. The van der Waals surface area contributed by atoms with Gasteiger partial charge >= 0.3 is 0 Å². The zero-order valence-electron chi connectivity index (χ0n) is 13.5. The summed E-state index contributed by atoms with van der Waals surface area (Å²) in [5.74, 6) is 1.82. The molecule has 0 unspecified atom stereocenters. The van der Waals surface area contributed by atoms with E-state index < -0.39 is 0 Å². The van der Waals surface area contributed by atoms with Gasteiger partial charge in [0.2, 0.25) is 0 Å². The molecule has 4 aliphatic rings. The predicted molar refractivity (Wildman–Crippen MR) is 83.7 cm³/mol. The average Bonchev–Trinajstić information content (AvgIpc) is 2.82. The molecule has 7 atom stereocenters. The Labute approximate surface area is 128 Å². The van der Waals surface area contributed by atoms with Gasteiger partial charge in [0, 0.05) is 0 Å². The number of hydrogen-bond acceptors (Lipinski definition) is 2. The lowest BCUT2D eigenvalue weighted by Crippen LogP contribution is -2.53. The molecule has 2 heteroatoms. The molecule has 3 fully saturated rings. The molecule has 0 amide bonds. The monoisotopic (exact) mass is 290 g/mol. The largest absolute Gasteiger partial charge is 0.393 e. The van der Waals surface area contributed by atoms with E-state index >= 15 is 0 Å². The lowest BCUT2D eigenvalue weighted by molar-refractivity contribution is -0.0825. The van der Waals surface area contributed by atoms with Crippen LogP contribution >= 0.6 is 0 Å². The van der Waals surface area contributed by atoms with Gasteiger partial charge in [0.1, 0.15) is 0 Å². The van der Waals surface area contributed by atoms with Gasteiger partial charge in [-0.2, -0.15) is 0 Å². The molecular weight excluding hydrogens is 260 g/mol. The van der Waals surface area contributed by atoms with Gasteiger partial charge in [0.25, 0.3) is 0 Å². The number of fused-ring (bicyclic) bond motifs is 5. The van der Waals surface area contributed by atoms with Crippen molar-refractivity contribution in [3.05, 3.63) is 11.6 Å². The molecule has 0 heterocycles. The van der Waals surface area contributed by atoms with E-state index in [1.54, 1.807) is 0 Å². The Morgan fingerprint density at radius 2 is 1.81 bits per heavy atom. The van der Waals surface area contributed by atoms with Crippen molar-refractivity contribution >= 4 is 0 Å². The fourth-order valence-corrected chi connectivity index (χ4v) is 6.62. The van der Waals surface area contributed by atoms with E-state index in [9.17, 15) is 10.2 Å². The highest BCUT2D eigenvalue weighted by molar-refractivity contribution is 5.27. The topological polar surface area (TPSA) is 40.5 Å². The first kappa shape index (κ1) is 14.3. The van der Waals surface area contributed by atoms with Crippen LogP contribution in [0.2, 0.25) is 0 Å². The molecule has 3 saturated carbocycles. The summed E-state index contributed by atoms with van der Waals surface area (Å²) in [6.07, 6.45) is 11.2. The highest BCUT2D eigenvalue weighted by Crippen LogP contribution is 2.64. The van der Waals surface area contributed by atoms with Crippen LogP contribution in [0.1, 0.15) is 65.2 Å². The normalized spacial score (nSPS) is 56.2. The van der Waals surface area contributed by atoms with Crippen molar-refractivity contribution in [1.29, 1.82) is 0 Å². The molecule has 2 N–H and O–H groups in total. The molecule has 0 spiro atoms. The summed E-state index contributed by atoms with van der Waals surface area (Å²) in [5, 5.41) is 20.9. The van der Waals surface area contributed by atoms with Crippen molar-refractivity contribution in [1.82, 2.24) is 0 Å². The Hall–Kier alpha value is -0.340. The van der Waals surface area contributed by atoms with E-state index in [1.165, 1.54) is 37.7 Å². The Balaban J connectivity index is 1.73. The lowest BCUT2D eigenvalue weighted by atomic mass is 9.47. The van der Waals surface area contributed by atoms with Gasteiger partial charge < -0.3 is 10.2 Å². The highest BCUT2D eigenvalue weighted by Gasteiger charge is 2.58. The van der Waals surface area contributed by atoms with E-state index in [0.29, 0.717) is 23.2 Å². The van der Waals surface area contributed by atoms with Gasteiger partial charge in [-0.1, -0.05) is 31.9 Å². The van der Waals surface area contributed by atoms with Crippen molar-refractivity contribution in [3.63, 3.8) is 0 Å². The number of hydrogen-bond donors (Lipinski definition) is 2. The Bertz CT molecular complexity index is 470. The van der Waals surface area contributed by atoms with Crippen LogP contribution in [-0.2, 0) is 0 Å². The van der Waals surface area contributed by atoms with Gasteiger partial charge in [0.15, 0.2) is 0 Å². The summed E-state index contributed by atoms with van der Waals surface area (Å²) in [6, 6.07) is 0. The molecule has 118 valence electrons. The van der Waals surface area contributed by atoms with Crippen LogP contribution in [0.4, 0.5) is 0 Å². The van der Waals surface area contributed by atoms with Crippen LogP contribution in [-0.4, -0.2) is 22.4 Å². The maximum absolute atomic E-state index is 10.8. The van der Waals surface area contributed by atoms with Crippen molar-refractivity contribution in [3.8, 4) is 0 Å². The summed E-state index contributed by atoms with van der Waals surface area (Å²) in [7, 11) is 0. The summed E-state index contributed by atoms with van der Waals surface area (Å²) in [4.78, 5) is 0. The van der Waals surface area contributed by atoms with Crippen molar-refractivity contribution in [2.75, 3.05) is 0 Å². The van der Waals surface area contributed by atoms with Gasteiger partial charge in [-0.25, -0.2) is 0 Å². The van der Waals surface area contributed by atoms with E-state index in [2.05, 4.69) is 19.9 Å². The Morgan fingerprint density at radius 1 is 1.00 bits per heavy atom. The second kappa shape index (κ2) is 4.58. The van der Waals surface area contributed by atoms with Crippen LogP contribution in [0.5, 0.6) is 0 Å². The molecule has 0 aromatic heterocycles. The molecule has 4 aliphatic carbocycles. The van der Waals surface area contributed by atoms with Crippen LogP contribution in [0.3, 0.4) is 0 Å². The van der Waals surface area contributed by atoms with E-state index in [4.69, 9.17) is 0 Å². The third-order valence-corrected chi connectivity index (χ3v) is 7.88. The van der Waals surface area contributed by atoms with Crippen LogP contribution in [0, 0.1) is 28.6 Å². The molecule has 4 rings (SSSR count). The van der Waals surface area contributed by atoms with Crippen LogP contribution in [0.25, 0.3) is 0 Å². The minimum Gasteiger partial charge on any atom is -0.393 e. The van der Waals surface area contributed by atoms with E-state index in [-0.39, 0.29) is 17.6 Å². The molecule has 21 heavy (non-hydrogen) atoms. The first-order chi connectivity index (χ1) is 9.94. The average molecular weight is 290 g/mol. The summed E-state index contributed by atoms with van der Waals surface area (Å²) >= 11 is 0. The molecular formula is C19H30O2. The molecule has 2 nitrogen and oxygen atoms in total. The molecule has 0 bridgehead atoms. The lowest BCUT2D eigenvalue weighted by Gasteiger charge is -2.58. The zero-order valence-corrected chi connectivity index (χ0v) is 13.5. The van der Waals surface area contributed by atoms with Crippen molar-refractivity contribution in [2.24, 2.45) is 28.6 Å². The Kier molecular flexibility index (Phi) is 3.11. The first-order valence-electron chi connectivity index (χ1n) is 9.01. The minimum atomic E-state index is -0.272. The zero-order chi connectivity index (χ0) is 14.8. The maximum atomic E-state index is 10.8.